The minimum Gasteiger partial charge on any atom is -0.357 e. The maximum Gasteiger partial charge on any atom is 0.434 e. The van der Waals surface area contributed by atoms with Gasteiger partial charge in [-0.2, -0.15) is 13.2 Å². The summed E-state index contributed by atoms with van der Waals surface area (Å²) >= 11 is 0.959. The number of rotatable bonds is 7. The van der Waals surface area contributed by atoms with Crippen LogP contribution in [0.25, 0.3) is 0 Å². The third-order valence-corrected chi connectivity index (χ3v) is 3.84. The zero-order chi connectivity index (χ0) is 17.4. The fraction of sp³-hybridized carbons (Fsp3) is 0.500. The molecule has 0 aliphatic rings. The fourth-order valence-electron chi connectivity index (χ4n) is 1.89. The second-order valence-corrected chi connectivity index (χ2v) is 5.84. The van der Waals surface area contributed by atoms with Crippen molar-refractivity contribution >= 4 is 17.3 Å². The average Bonchev–Trinajstić information content (AvgIpc) is 3.19. The van der Waals surface area contributed by atoms with Crippen molar-refractivity contribution < 1.29 is 13.2 Å². The second kappa shape index (κ2) is 8.67. The molecular formula is C14H19F3N6S. The molecule has 0 fully saturated rings. The molecule has 10 heteroatoms. The Bertz CT molecular complexity index is 635. The highest BCUT2D eigenvalue weighted by atomic mass is 32.1. The van der Waals surface area contributed by atoms with Crippen LogP contribution in [0.1, 0.15) is 24.0 Å². The van der Waals surface area contributed by atoms with E-state index in [1.54, 1.807) is 12.5 Å². The molecule has 0 bridgehead atoms. The van der Waals surface area contributed by atoms with Gasteiger partial charge in [0.05, 0.1) is 12.9 Å². The van der Waals surface area contributed by atoms with Gasteiger partial charge in [-0.3, -0.25) is 0 Å². The van der Waals surface area contributed by atoms with Crippen LogP contribution in [-0.4, -0.2) is 33.6 Å². The second-order valence-electron chi connectivity index (χ2n) is 4.90. The largest absolute Gasteiger partial charge is 0.434 e. The summed E-state index contributed by atoms with van der Waals surface area (Å²) in [5.74, 6) is 0.562. The normalized spacial score (nSPS) is 12.4. The quantitative estimate of drug-likeness (QED) is 0.452. The first-order valence-corrected chi connectivity index (χ1v) is 8.36. The van der Waals surface area contributed by atoms with Crippen molar-refractivity contribution in [3.63, 3.8) is 0 Å². The highest BCUT2D eigenvalue weighted by molar-refractivity contribution is 7.09. The topological polar surface area (TPSA) is 67.1 Å². The molecule has 2 aromatic heterocycles. The third kappa shape index (κ3) is 5.84. The molecule has 2 heterocycles. The number of hydrogen-bond donors (Lipinski definition) is 2. The van der Waals surface area contributed by atoms with E-state index in [0.29, 0.717) is 24.1 Å². The Kier molecular flexibility index (Phi) is 6.59. The molecule has 0 unspecified atom stereocenters. The molecule has 0 spiro atoms. The fourth-order valence-corrected chi connectivity index (χ4v) is 2.61. The van der Waals surface area contributed by atoms with Gasteiger partial charge in [-0.1, -0.05) is 0 Å². The van der Waals surface area contributed by atoms with Gasteiger partial charge in [0, 0.05) is 37.4 Å². The molecule has 2 N–H and O–H groups in total. The van der Waals surface area contributed by atoms with E-state index < -0.39 is 11.9 Å². The van der Waals surface area contributed by atoms with E-state index in [9.17, 15) is 13.2 Å². The van der Waals surface area contributed by atoms with Crippen molar-refractivity contribution in [2.75, 3.05) is 13.1 Å². The minimum atomic E-state index is -4.41. The van der Waals surface area contributed by atoms with Crippen LogP contribution in [-0.2, 0) is 19.3 Å². The number of halogens is 3. The molecule has 2 rings (SSSR count). The van der Waals surface area contributed by atoms with Crippen LogP contribution in [0.5, 0.6) is 0 Å². The predicted molar refractivity (Wildman–Crippen MR) is 86.8 cm³/mol. The number of aryl methyl sites for hydroxylation is 1. The Morgan fingerprint density at radius 1 is 1.38 bits per heavy atom. The summed E-state index contributed by atoms with van der Waals surface area (Å²) < 4.78 is 39.5. The Morgan fingerprint density at radius 3 is 2.83 bits per heavy atom. The monoisotopic (exact) mass is 360 g/mol. The molecule has 132 valence electrons. The summed E-state index contributed by atoms with van der Waals surface area (Å²) in [4.78, 5) is 11.8. The molecule has 0 amide bonds. The molecular weight excluding hydrogens is 341 g/mol. The lowest BCUT2D eigenvalue weighted by atomic mass is 10.4. The Morgan fingerprint density at radius 2 is 2.21 bits per heavy atom. The van der Waals surface area contributed by atoms with Crippen molar-refractivity contribution in [2.24, 2.45) is 4.99 Å². The van der Waals surface area contributed by atoms with Crippen molar-refractivity contribution in [2.45, 2.75) is 32.6 Å². The first kappa shape index (κ1) is 18.2. The summed E-state index contributed by atoms with van der Waals surface area (Å²) in [5, 5.41) is 7.55. The lowest BCUT2D eigenvalue weighted by Gasteiger charge is -2.11. The smallest absolute Gasteiger partial charge is 0.357 e. The number of hydrogen-bond acceptors (Lipinski definition) is 4. The molecule has 0 aliphatic carbocycles. The van der Waals surface area contributed by atoms with E-state index in [-0.39, 0.29) is 6.54 Å². The molecule has 0 aromatic carbocycles. The number of alkyl halides is 3. The van der Waals surface area contributed by atoms with Crippen LogP contribution in [0.4, 0.5) is 13.2 Å². The van der Waals surface area contributed by atoms with Crippen LogP contribution in [0.15, 0.2) is 29.1 Å². The van der Waals surface area contributed by atoms with Gasteiger partial charge < -0.3 is 15.2 Å². The van der Waals surface area contributed by atoms with Crippen LogP contribution in [0.2, 0.25) is 0 Å². The van der Waals surface area contributed by atoms with E-state index in [0.717, 1.165) is 29.7 Å². The van der Waals surface area contributed by atoms with Gasteiger partial charge in [-0.15, -0.1) is 11.3 Å². The number of aliphatic imine (C=N–C) groups is 1. The lowest BCUT2D eigenvalue weighted by Crippen LogP contribution is -2.38. The number of nitrogens with zero attached hydrogens (tertiary/aromatic N) is 4. The third-order valence-electron chi connectivity index (χ3n) is 3.00. The first-order valence-electron chi connectivity index (χ1n) is 7.48. The standard InChI is InChI=1S/C14H19F3N6S/c1-2-19-13(20-4-3-6-23-7-5-18-10-23)21-8-12-22-11(9-24-12)14(15,16)17/h5,7,9-10H,2-4,6,8H2,1H3,(H2,19,20,21). The number of nitrogens with one attached hydrogen (secondary N) is 2. The Balaban J connectivity index is 1.82. The zero-order valence-corrected chi connectivity index (χ0v) is 14.0. The van der Waals surface area contributed by atoms with E-state index in [1.165, 1.54) is 0 Å². The Labute approximate surface area is 141 Å². The summed E-state index contributed by atoms with van der Waals surface area (Å²) in [5.41, 5.74) is -0.865. The van der Waals surface area contributed by atoms with Crippen LogP contribution in [0, 0.1) is 0 Å². The highest BCUT2D eigenvalue weighted by Gasteiger charge is 2.33. The predicted octanol–water partition coefficient (Wildman–Crippen LogP) is 2.50. The number of guanidine groups is 1. The SMILES string of the molecule is CCNC(=NCc1nc(C(F)(F)F)cs1)NCCCn1ccnc1. The highest BCUT2D eigenvalue weighted by Crippen LogP contribution is 2.30. The maximum atomic E-state index is 12.5. The van der Waals surface area contributed by atoms with Crippen LogP contribution in [0.3, 0.4) is 0 Å². The van der Waals surface area contributed by atoms with Crippen molar-refractivity contribution in [1.82, 2.24) is 25.2 Å². The molecule has 2 aromatic rings. The van der Waals surface area contributed by atoms with Crippen LogP contribution >= 0.6 is 11.3 Å². The van der Waals surface area contributed by atoms with Crippen molar-refractivity contribution in [3.05, 3.63) is 34.8 Å². The Hall–Kier alpha value is -2.10. The molecule has 0 saturated carbocycles. The van der Waals surface area contributed by atoms with Gasteiger partial charge in [0.2, 0.25) is 0 Å². The minimum absolute atomic E-state index is 0.109. The first-order chi connectivity index (χ1) is 11.5. The molecule has 24 heavy (non-hydrogen) atoms. The van der Waals surface area contributed by atoms with Gasteiger partial charge in [-0.25, -0.2) is 15.0 Å². The van der Waals surface area contributed by atoms with Crippen LogP contribution < -0.4 is 10.6 Å². The molecule has 0 aliphatic heterocycles. The van der Waals surface area contributed by atoms with E-state index in [4.69, 9.17) is 0 Å². The molecule has 0 atom stereocenters. The van der Waals surface area contributed by atoms with E-state index in [1.807, 2.05) is 17.7 Å². The summed E-state index contributed by atoms with van der Waals surface area (Å²) in [6.07, 6.45) is 1.83. The van der Waals surface area contributed by atoms with Gasteiger partial charge in [0.25, 0.3) is 0 Å². The summed E-state index contributed by atoms with van der Waals surface area (Å²) in [7, 11) is 0. The van der Waals surface area contributed by atoms with E-state index >= 15 is 0 Å². The molecule has 0 radical (unpaired) electrons. The van der Waals surface area contributed by atoms with Gasteiger partial charge in [0.15, 0.2) is 11.7 Å². The number of aromatic nitrogens is 3. The van der Waals surface area contributed by atoms with Gasteiger partial charge >= 0.3 is 6.18 Å². The number of thiazole rings is 1. The zero-order valence-electron chi connectivity index (χ0n) is 13.2. The molecule has 6 nitrogen and oxygen atoms in total. The van der Waals surface area contributed by atoms with E-state index in [2.05, 4.69) is 25.6 Å². The van der Waals surface area contributed by atoms with Crippen molar-refractivity contribution in [1.29, 1.82) is 0 Å². The summed E-state index contributed by atoms with van der Waals surface area (Å²) in [6.45, 7) is 4.22. The van der Waals surface area contributed by atoms with Crippen molar-refractivity contribution in [3.8, 4) is 0 Å². The van der Waals surface area contributed by atoms with Gasteiger partial charge in [0.1, 0.15) is 5.01 Å². The lowest BCUT2D eigenvalue weighted by molar-refractivity contribution is -0.140. The number of imidazole rings is 1. The molecule has 0 saturated heterocycles. The average molecular weight is 360 g/mol. The van der Waals surface area contributed by atoms with Gasteiger partial charge in [-0.05, 0) is 13.3 Å². The maximum absolute atomic E-state index is 12.5. The summed E-state index contributed by atoms with van der Waals surface area (Å²) in [6, 6.07) is 0.